The van der Waals surface area contributed by atoms with Gasteiger partial charge in [0.25, 0.3) is 5.91 Å². The second-order valence-corrected chi connectivity index (χ2v) is 3.53. The van der Waals surface area contributed by atoms with Crippen LogP contribution < -0.4 is 5.32 Å². The van der Waals surface area contributed by atoms with Gasteiger partial charge < -0.3 is 5.32 Å². The van der Waals surface area contributed by atoms with Gasteiger partial charge in [-0.2, -0.15) is 11.3 Å². The van der Waals surface area contributed by atoms with Crippen molar-refractivity contribution in [2.24, 2.45) is 0 Å². The zero-order valence-corrected chi connectivity index (χ0v) is 8.34. The summed E-state index contributed by atoms with van der Waals surface area (Å²) in [6.45, 7) is 2.45. The highest BCUT2D eigenvalue weighted by Crippen LogP contribution is 2.12. The molecular weight excluding hydrogens is 194 g/mol. The Hall–Kier alpha value is -0.540. The van der Waals surface area contributed by atoms with E-state index in [0.717, 1.165) is 11.1 Å². The second-order valence-electron chi connectivity index (χ2n) is 2.41. The van der Waals surface area contributed by atoms with E-state index in [1.165, 1.54) is 11.3 Å². The average molecular weight is 204 g/mol. The van der Waals surface area contributed by atoms with Gasteiger partial charge in [-0.1, -0.05) is 0 Å². The lowest BCUT2D eigenvalue weighted by Crippen LogP contribution is -2.25. The zero-order chi connectivity index (χ0) is 8.97. The maximum atomic E-state index is 11.3. The Balaban J connectivity index is 2.59. The summed E-state index contributed by atoms with van der Waals surface area (Å²) in [5.41, 5.74) is 1.78. The lowest BCUT2D eigenvalue weighted by molar-refractivity contribution is 0.0956. The largest absolute Gasteiger partial charge is 0.351 e. The number of alkyl halides is 1. The molecule has 1 amide bonds. The molecule has 0 aliphatic heterocycles. The fraction of sp³-hybridized carbons (Fsp3) is 0.375. The molecule has 2 nitrogen and oxygen atoms in total. The Morgan fingerprint density at radius 2 is 2.42 bits per heavy atom. The molecular formula is C8H10ClNOS. The molecule has 1 rings (SSSR count). The third kappa shape index (κ3) is 2.22. The van der Waals surface area contributed by atoms with Crippen LogP contribution in [0.5, 0.6) is 0 Å². The molecule has 0 bridgehead atoms. The predicted octanol–water partition coefficient (Wildman–Crippen LogP) is 2.03. The van der Waals surface area contributed by atoms with Gasteiger partial charge in [-0.15, -0.1) is 11.6 Å². The Morgan fingerprint density at radius 3 is 2.92 bits per heavy atom. The number of carbonyl (C=O) groups is 1. The van der Waals surface area contributed by atoms with Gasteiger partial charge in [0.1, 0.15) is 0 Å². The average Bonchev–Trinajstić information content (AvgIpc) is 2.47. The molecule has 0 spiro atoms. The number of nitrogens with one attached hydrogen (secondary N) is 1. The topological polar surface area (TPSA) is 29.1 Å². The molecule has 1 aromatic heterocycles. The van der Waals surface area contributed by atoms with E-state index in [0.29, 0.717) is 12.4 Å². The fourth-order valence-electron chi connectivity index (χ4n) is 0.849. The molecule has 0 unspecified atom stereocenters. The third-order valence-corrected chi connectivity index (χ3v) is 2.53. The molecule has 0 radical (unpaired) electrons. The summed E-state index contributed by atoms with van der Waals surface area (Å²) in [4.78, 5) is 11.3. The van der Waals surface area contributed by atoms with E-state index in [4.69, 9.17) is 11.6 Å². The van der Waals surface area contributed by atoms with Gasteiger partial charge in [-0.3, -0.25) is 4.79 Å². The van der Waals surface area contributed by atoms with Crippen LogP contribution in [-0.2, 0) is 0 Å². The molecule has 0 saturated heterocycles. The van der Waals surface area contributed by atoms with Crippen molar-refractivity contribution in [3.8, 4) is 0 Å². The first-order chi connectivity index (χ1) is 5.75. The van der Waals surface area contributed by atoms with Crippen LogP contribution in [0.2, 0.25) is 0 Å². The van der Waals surface area contributed by atoms with Crippen LogP contribution in [0.1, 0.15) is 15.9 Å². The molecule has 1 heterocycles. The minimum atomic E-state index is -0.0330. The number of aryl methyl sites for hydroxylation is 1. The van der Waals surface area contributed by atoms with Crippen LogP contribution in [0, 0.1) is 6.92 Å². The number of rotatable bonds is 3. The summed E-state index contributed by atoms with van der Waals surface area (Å²) >= 11 is 6.97. The molecule has 12 heavy (non-hydrogen) atoms. The van der Waals surface area contributed by atoms with Crippen LogP contribution in [0.15, 0.2) is 10.8 Å². The smallest absolute Gasteiger partial charge is 0.252 e. The number of hydrogen-bond donors (Lipinski definition) is 1. The van der Waals surface area contributed by atoms with E-state index in [9.17, 15) is 4.79 Å². The van der Waals surface area contributed by atoms with Crippen LogP contribution in [0.3, 0.4) is 0 Å². The van der Waals surface area contributed by atoms with Crippen molar-refractivity contribution in [2.75, 3.05) is 12.4 Å². The number of thiophene rings is 1. The molecule has 0 aliphatic rings. The lowest BCUT2D eigenvalue weighted by Gasteiger charge is -2.00. The maximum Gasteiger partial charge on any atom is 0.252 e. The summed E-state index contributed by atoms with van der Waals surface area (Å²) in [6, 6.07) is 0. The highest BCUT2D eigenvalue weighted by Gasteiger charge is 2.07. The highest BCUT2D eigenvalue weighted by molar-refractivity contribution is 7.08. The lowest BCUT2D eigenvalue weighted by atomic mass is 10.2. The van der Waals surface area contributed by atoms with Crippen molar-refractivity contribution in [2.45, 2.75) is 6.92 Å². The molecule has 1 N–H and O–H groups in total. The third-order valence-electron chi connectivity index (χ3n) is 1.48. The van der Waals surface area contributed by atoms with Gasteiger partial charge in [0.05, 0.1) is 5.56 Å². The van der Waals surface area contributed by atoms with E-state index < -0.39 is 0 Å². The summed E-state index contributed by atoms with van der Waals surface area (Å²) < 4.78 is 0. The zero-order valence-electron chi connectivity index (χ0n) is 6.76. The van der Waals surface area contributed by atoms with Crippen molar-refractivity contribution in [1.29, 1.82) is 0 Å². The number of hydrogen-bond acceptors (Lipinski definition) is 2. The standard InChI is InChI=1S/C8H10ClNOS/c1-6-4-12-5-7(6)8(11)10-3-2-9/h4-5H,2-3H2,1H3,(H,10,11). The van der Waals surface area contributed by atoms with Gasteiger partial charge in [-0.25, -0.2) is 0 Å². The van der Waals surface area contributed by atoms with Crippen molar-refractivity contribution in [1.82, 2.24) is 5.32 Å². The summed E-state index contributed by atoms with van der Waals surface area (Å²) in [5, 5.41) is 6.51. The number of halogens is 1. The van der Waals surface area contributed by atoms with E-state index >= 15 is 0 Å². The number of carbonyl (C=O) groups excluding carboxylic acids is 1. The highest BCUT2D eigenvalue weighted by atomic mass is 35.5. The summed E-state index contributed by atoms with van der Waals surface area (Å²) in [6.07, 6.45) is 0. The van der Waals surface area contributed by atoms with Crippen molar-refractivity contribution in [3.05, 3.63) is 21.9 Å². The van der Waals surface area contributed by atoms with Gasteiger partial charge in [0, 0.05) is 17.8 Å². The normalized spacial score (nSPS) is 9.83. The van der Waals surface area contributed by atoms with Crippen LogP contribution in [0.4, 0.5) is 0 Å². The van der Waals surface area contributed by atoms with Crippen LogP contribution >= 0.6 is 22.9 Å². The van der Waals surface area contributed by atoms with Gasteiger partial charge >= 0.3 is 0 Å². The van der Waals surface area contributed by atoms with E-state index in [-0.39, 0.29) is 5.91 Å². The first kappa shape index (κ1) is 9.55. The van der Waals surface area contributed by atoms with E-state index in [1.807, 2.05) is 17.7 Å². The molecule has 0 atom stereocenters. The molecule has 66 valence electrons. The first-order valence-electron chi connectivity index (χ1n) is 3.62. The fourth-order valence-corrected chi connectivity index (χ4v) is 1.77. The molecule has 0 aromatic carbocycles. The van der Waals surface area contributed by atoms with Crippen molar-refractivity contribution < 1.29 is 4.79 Å². The van der Waals surface area contributed by atoms with Gasteiger partial charge in [0.2, 0.25) is 0 Å². The Morgan fingerprint density at radius 1 is 1.67 bits per heavy atom. The molecule has 0 aliphatic carbocycles. The van der Waals surface area contributed by atoms with Crippen LogP contribution in [-0.4, -0.2) is 18.3 Å². The number of amides is 1. The van der Waals surface area contributed by atoms with Crippen molar-refractivity contribution in [3.63, 3.8) is 0 Å². The molecule has 0 saturated carbocycles. The molecule has 1 aromatic rings. The molecule has 0 fully saturated rings. The minimum absolute atomic E-state index is 0.0330. The monoisotopic (exact) mass is 203 g/mol. The first-order valence-corrected chi connectivity index (χ1v) is 5.10. The quantitative estimate of drug-likeness (QED) is 0.749. The van der Waals surface area contributed by atoms with Crippen molar-refractivity contribution >= 4 is 28.8 Å². The Bertz CT molecular complexity index is 272. The summed E-state index contributed by atoms with van der Waals surface area (Å²) in [7, 11) is 0. The predicted molar refractivity (Wildman–Crippen MR) is 52.1 cm³/mol. The second kappa shape index (κ2) is 4.48. The van der Waals surface area contributed by atoms with E-state index in [1.54, 1.807) is 0 Å². The van der Waals surface area contributed by atoms with Crippen LogP contribution in [0.25, 0.3) is 0 Å². The maximum absolute atomic E-state index is 11.3. The minimum Gasteiger partial charge on any atom is -0.351 e. The van der Waals surface area contributed by atoms with Gasteiger partial charge in [0.15, 0.2) is 0 Å². The Kier molecular flexibility index (Phi) is 3.56. The Labute approximate surface area is 80.5 Å². The van der Waals surface area contributed by atoms with Gasteiger partial charge in [-0.05, 0) is 17.9 Å². The SMILES string of the molecule is Cc1cscc1C(=O)NCCCl. The van der Waals surface area contributed by atoms with E-state index in [2.05, 4.69) is 5.32 Å². The molecule has 4 heteroatoms. The summed E-state index contributed by atoms with van der Waals surface area (Å²) in [5.74, 6) is 0.420.